The highest BCUT2D eigenvalue weighted by Crippen LogP contribution is 2.46. The molecule has 11 heteroatoms. The molecule has 7 rings (SSSR count). The lowest BCUT2D eigenvalue weighted by atomic mass is 9.93. The Morgan fingerprint density at radius 3 is 2.62 bits per heavy atom. The summed E-state index contributed by atoms with van der Waals surface area (Å²) < 4.78 is 2.50. The maximum Gasteiger partial charge on any atom is 0.248 e. The first-order chi connectivity index (χ1) is 18.0. The van der Waals surface area contributed by atoms with Crippen molar-refractivity contribution in [1.82, 2.24) is 34.6 Å². The second kappa shape index (κ2) is 8.91. The molecule has 0 aromatic carbocycles. The standard InChI is InChI=1S/C26H32N10S/c1-15-9-19(12-28-23(15)35-7-5-34(6-8-35)20-11-17-3-4-18(20)10-17)31-26-32-25(27)36(33-26)24-22-21(29-14-30-24)16(2)13-37-22/h9,12-14,17-18,20H,3-8,10-11H2,1-2H3,(H3,27,31,32,33). The number of aryl methyl sites for hydroxylation is 2. The van der Waals surface area contributed by atoms with E-state index < -0.39 is 0 Å². The summed E-state index contributed by atoms with van der Waals surface area (Å²) in [6.45, 7) is 8.49. The molecular weight excluding hydrogens is 484 g/mol. The molecule has 192 valence electrons. The van der Waals surface area contributed by atoms with Gasteiger partial charge in [0.1, 0.15) is 12.1 Å². The van der Waals surface area contributed by atoms with Gasteiger partial charge in [0.25, 0.3) is 0 Å². The summed E-state index contributed by atoms with van der Waals surface area (Å²) in [5.74, 6) is 4.31. The van der Waals surface area contributed by atoms with E-state index >= 15 is 0 Å². The van der Waals surface area contributed by atoms with Crippen LogP contribution in [0.25, 0.3) is 16.0 Å². The number of aromatic nitrogens is 6. The van der Waals surface area contributed by atoms with Crippen LogP contribution >= 0.6 is 11.3 Å². The number of hydrogen-bond donors (Lipinski definition) is 2. The van der Waals surface area contributed by atoms with E-state index in [-0.39, 0.29) is 5.95 Å². The molecule has 2 saturated carbocycles. The Morgan fingerprint density at radius 1 is 1.00 bits per heavy atom. The maximum atomic E-state index is 6.22. The molecule has 0 spiro atoms. The number of nitrogens with two attached hydrogens (primary N) is 1. The normalized spacial score (nSPS) is 23.8. The number of thiophene rings is 1. The van der Waals surface area contributed by atoms with Gasteiger partial charge in [-0.25, -0.2) is 15.0 Å². The summed E-state index contributed by atoms with van der Waals surface area (Å²) in [6.07, 6.45) is 9.19. The second-order valence-corrected chi connectivity index (χ2v) is 11.6. The Morgan fingerprint density at radius 2 is 1.86 bits per heavy atom. The number of nitrogens with zero attached hydrogens (tertiary/aromatic N) is 8. The highest BCUT2D eigenvalue weighted by Gasteiger charge is 2.42. The van der Waals surface area contributed by atoms with E-state index in [4.69, 9.17) is 10.7 Å². The van der Waals surface area contributed by atoms with Crippen LogP contribution in [-0.2, 0) is 0 Å². The van der Waals surface area contributed by atoms with E-state index in [0.29, 0.717) is 11.8 Å². The number of nitrogens with one attached hydrogen (secondary N) is 1. The van der Waals surface area contributed by atoms with Crippen LogP contribution in [0.1, 0.15) is 36.8 Å². The third kappa shape index (κ3) is 4.00. The molecule has 3 atom stereocenters. The molecule has 1 aliphatic heterocycles. The first-order valence-corrected chi connectivity index (χ1v) is 14.1. The predicted molar refractivity (Wildman–Crippen MR) is 147 cm³/mol. The van der Waals surface area contributed by atoms with Crippen molar-refractivity contribution in [3.8, 4) is 5.82 Å². The van der Waals surface area contributed by atoms with Crippen LogP contribution in [0.4, 0.5) is 23.4 Å². The Hall–Kier alpha value is -3.31. The molecule has 3 aliphatic rings. The van der Waals surface area contributed by atoms with Crippen molar-refractivity contribution in [2.75, 3.05) is 42.1 Å². The van der Waals surface area contributed by atoms with Crippen LogP contribution in [-0.4, -0.2) is 66.8 Å². The number of nitrogen functional groups attached to an aromatic ring is 1. The lowest BCUT2D eigenvalue weighted by Crippen LogP contribution is -2.52. The van der Waals surface area contributed by atoms with Gasteiger partial charge in [-0.05, 0) is 67.5 Å². The van der Waals surface area contributed by atoms with Crippen molar-refractivity contribution in [3.05, 3.63) is 35.1 Å². The minimum atomic E-state index is 0.267. The Bertz CT molecular complexity index is 1450. The molecule has 3 fully saturated rings. The van der Waals surface area contributed by atoms with Gasteiger partial charge in [0.2, 0.25) is 11.9 Å². The third-order valence-corrected chi connectivity index (χ3v) is 9.52. The lowest BCUT2D eigenvalue weighted by molar-refractivity contribution is 0.134. The van der Waals surface area contributed by atoms with Gasteiger partial charge in [0.05, 0.1) is 22.1 Å². The quantitative estimate of drug-likeness (QED) is 0.407. The number of piperazine rings is 1. The van der Waals surface area contributed by atoms with Gasteiger partial charge in [-0.2, -0.15) is 9.67 Å². The van der Waals surface area contributed by atoms with Crippen LogP contribution in [0.3, 0.4) is 0 Å². The largest absolute Gasteiger partial charge is 0.368 e. The highest BCUT2D eigenvalue weighted by molar-refractivity contribution is 7.17. The molecular formula is C26H32N10S. The Kier molecular flexibility index (Phi) is 5.51. The SMILES string of the molecule is Cc1cc(Nc2nc(N)n(-c3ncnc4c(C)csc34)n2)cnc1N1CCN(C2CC3CCC2C3)CC1. The zero-order valence-electron chi connectivity index (χ0n) is 21.3. The first-order valence-electron chi connectivity index (χ1n) is 13.2. The molecule has 37 heavy (non-hydrogen) atoms. The summed E-state index contributed by atoms with van der Waals surface area (Å²) >= 11 is 1.58. The van der Waals surface area contributed by atoms with Gasteiger partial charge in [-0.1, -0.05) is 6.42 Å². The maximum absolute atomic E-state index is 6.22. The molecule has 3 N–H and O–H groups in total. The van der Waals surface area contributed by atoms with Crippen molar-refractivity contribution in [2.45, 2.75) is 45.6 Å². The number of anilines is 4. The summed E-state index contributed by atoms with van der Waals surface area (Å²) in [5, 5.41) is 9.91. The van der Waals surface area contributed by atoms with Crippen molar-refractivity contribution in [2.24, 2.45) is 11.8 Å². The third-order valence-electron chi connectivity index (χ3n) is 8.44. The smallest absolute Gasteiger partial charge is 0.248 e. The molecule has 10 nitrogen and oxygen atoms in total. The van der Waals surface area contributed by atoms with E-state index in [1.165, 1.54) is 32.0 Å². The van der Waals surface area contributed by atoms with Crippen LogP contribution in [0, 0.1) is 25.7 Å². The van der Waals surface area contributed by atoms with Crippen LogP contribution in [0.15, 0.2) is 24.0 Å². The molecule has 4 aromatic heterocycles. The average Bonchev–Trinajstić information content (AvgIpc) is 3.69. The Labute approximate surface area is 219 Å². The number of hydrogen-bond acceptors (Lipinski definition) is 10. The monoisotopic (exact) mass is 516 g/mol. The fourth-order valence-corrected chi connectivity index (χ4v) is 7.64. The summed E-state index contributed by atoms with van der Waals surface area (Å²) in [4.78, 5) is 23.2. The van der Waals surface area contributed by atoms with Crippen LogP contribution in [0.2, 0.25) is 0 Å². The predicted octanol–water partition coefficient (Wildman–Crippen LogP) is 3.92. The fourth-order valence-electron chi connectivity index (χ4n) is 6.66. The van der Waals surface area contributed by atoms with Crippen LogP contribution < -0.4 is 16.0 Å². The van der Waals surface area contributed by atoms with Crippen molar-refractivity contribution < 1.29 is 0 Å². The summed E-state index contributed by atoms with van der Waals surface area (Å²) in [7, 11) is 0. The van der Waals surface area contributed by atoms with E-state index in [2.05, 4.69) is 53.5 Å². The average molecular weight is 517 g/mol. The fraction of sp³-hybridized carbons (Fsp3) is 0.500. The van der Waals surface area contributed by atoms with Gasteiger partial charge in [0, 0.05) is 32.2 Å². The van der Waals surface area contributed by atoms with Crippen molar-refractivity contribution in [3.63, 3.8) is 0 Å². The van der Waals surface area contributed by atoms with E-state index in [9.17, 15) is 0 Å². The van der Waals surface area contributed by atoms with Gasteiger partial charge in [-0.15, -0.1) is 16.4 Å². The minimum Gasteiger partial charge on any atom is -0.368 e. The summed E-state index contributed by atoms with van der Waals surface area (Å²) in [5.41, 5.74) is 10.2. The van der Waals surface area contributed by atoms with Crippen molar-refractivity contribution in [1.29, 1.82) is 0 Å². The van der Waals surface area contributed by atoms with Crippen molar-refractivity contribution >= 4 is 45.0 Å². The molecule has 4 aromatic rings. The van der Waals surface area contributed by atoms with E-state index in [0.717, 1.165) is 76.9 Å². The molecule has 0 amide bonds. The molecule has 1 saturated heterocycles. The Balaban J connectivity index is 1.04. The molecule has 2 aliphatic carbocycles. The first kappa shape index (κ1) is 22.9. The number of pyridine rings is 1. The highest BCUT2D eigenvalue weighted by atomic mass is 32.1. The van der Waals surface area contributed by atoms with Gasteiger partial charge in [-0.3, -0.25) is 4.90 Å². The molecule has 2 bridgehead atoms. The minimum absolute atomic E-state index is 0.267. The van der Waals surface area contributed by atoms with Crippen LogP contribution in [0.5, 0.6) is 0 Å². The zero-order chi connectivity index (χ0) is 25.1. The topological polar surface area (TPSA) is 114 Å². The lowest BCUT2D eigenvalue weighted by Gasteiger charge is -2.41. The van der Waals surface area contributed by atoms with Gasteiger partial charge < -0.3 is 16.0 Å². The van der Waals surface area contributed by atoms with E-state index in [1.54, 1.807) is 16.0 Å². The van der Waals surface area contributed by atoms with Gasteiger partial charge >= 0.3 is 0 Å². The second-order valence-electron chi connectivity index (χ2n) is 10.8. The summed E-state index contributed by atoms with van der Waals surface area (Å²) in [6, 6.07) is 2.93. The number of fused-ring (bicyclic) bond motifs is 3. The zero-order valence-corrected chi connectivity index (χ0v) is 22.1. The van der Waals surface area contributed by atoms with E-state index in [1.807, 2.05) is 13.1 Å². The molecule has 5 heterocycles. The number of rotatable bonds is 5. The molecule has 3 unspecified atom stereocenters. The molecule has 0 radical (unpaired) electrons. The van der Waals surface area contributed by atoms with Gasteiger partial charge in [0.15, 0.2) is 5.82 Å².